The van der Waals surface area contributed by atoms with E-state index in [-0.39, 0.29) is 18.1 Å². The number of hydrogen-bond donors (Lipinski definition) is 1. The van der Waals surface area contributed by atoms with Gasteiger partial charge in [0, 0.05) is 11.3 Å². The molecule has 0 radical (unpaired) electrons. The molecule has 0 unspecified atom stereocenters. The van der Waals surface area contributed by atoms with Crippen LogP contribution in [0.1, 0.15) is 43.0 Å². The predicted octanol–water partition coefficient (Wildman–Crippen LogP) is 3.48. The molecule has 0 fully saturated rings. The van der Waals surface area contributed by atoms with Crippen LogP contribution in [0.3, 0.4) is 0 Å². The molecule has 0 saturated heterocycles. The minimum atomic E-state index is -0.519. The van der Waals surface area contributed by atoms with Crippen LogP contribution in [0.25, 0.3) is 0 Å². The van der Waals surface area contributed by atoms with Crippen molar-refractivity contribution in [3.05, 3.63) is 44.7 Å². The first-order chi connectivity index (χ1) is 11.0. The highest BCUT2D eigenvalue weighted by atomic mass is 32.1. The van der Waals surface area contributed by atoms with E-state index in [1.54, 1.807) is 6.92 Å². The van der Waals surface area contributed by atoms with E-state index in [2.05, 4.69) is 6.07 Å². The summed E-state index contributed by atoms with van der Waals surface area (Å²) in [6.07, 6.45) is 1.36. The molecule has 0 amide bonds. The molecular weight excluding hydrogens is 312 g/mol. The maximum Gasteiger partial charge on any atom is 0.338 e. The largest absolute Gasteiger partial charge is 0.463 e. The number of thiophene rings is 1. The van der Waals surface area contributed by atoms with Gasteiger partial charge >= 0.3 is 5.97 Å². The second-order valence-electron chi connectivity index (χ2n) is 5.20. The van der Waals surface area contributed by atoms with Gasteiger partial charge in [0.2, 0.25) is 5.88 Å². The SMILES string of the molecule is CCCC1=C(C(=O)OCC)[C@H](c2sccc2C)C(C#N)=C(N)O1. The summed E-state index contributed by atoms with van der Waals surface area (Å²) in [5.41, 5.74) is 7.62. The standard InChI is InChI=1S/C17H20N2O3S/c1-4-6-12-14(17(20)21-5-2)13(11(9-18)16(19)22-12)15-10(3)7-8-23-15/h7-8,13H,4-6,19H2,1-3H3/t13-/m1/s1. The molecule has 2 rings (SSSR count). The molecule has 1 aromatic heterocycles. The Kier molecular flexibility index (Phi) is 5.45. The molecule has 0 spiro atoms. The Morgan fingerprint density at radius 3 is 2.78 bits per heavy atom. The fourth-order valence-corrected chi connectivity index (χ4v) is 3.65. The van der Waals surface area contributed by atoms with Gasteiger partial charge in [-0.3, -0.25) is 0 Å². The van der Waals surface area contributed by atoms with E-state index < -0.39 is 11.9 Å². The van der Waals surface area contributed by atoms with Crippen molar-refractivity contribution < 1.29 is 14.3 Å². The zero-order chi connectivity index (χ0) is 17.0. The molecule has 23 heavy (non-hydrogen) atoms. The van der Waals surface area contributed by atoms with Crippen molar-refractivity contribution in [3.63, 3.8) is 0 Å². The zero-order valence-electron chi connectivity index (χ0n) is 13.5. The lowest BCUT2D eigenvalue weighted by Crippen LogP contribution is -2.26. The van der Waals surface area contributed by atoms with Gasteiger partial charge in [-0.1, -0.05) is 6.92 Å². The summed E-state index contributed by atoms with van der Waals surface area (Å²) in [4.78, 5) is 13.5. The first-order valence-electron chi connectivity index (χ1n) is 7.56. The third kappa shape index (κ3) is 3.25. The molecule has 0 aliphatic carbocycles. The maximum absolute atomic E-state index is 12.5. The maximum atomic E-state index is 12.5. The summed E-state index contributed by atoms with van der Waals surface area (Å²) in [7, 11) is 0. The number of esters is 1. The average molecular weight is 332 g/mol. The average Bonchev–Trinajstić information content (AvgIpc) is 2.93. The Labute approximate surface area is 140 Å². The van der Waals surface area contributed by atoms with E-state index in [0.29, 0.717) is 17.8 Å². The molecule has 0 bridgehead atoms. The van der Waals surface area contributed by atoms with Crippen molar-refractivity contribution in [1.29, 1.82) is 5.26 Å². The fourth-order valence-electron chi connectivity index (χ4n) is 2.61. The Bertz CT molecular complexity index is 710. The molecule has 5 nitrogen and oxygen atoms in total. The van der Waals surface area contributed by atoms with E-state index >= 15 is 0 Å². The lowest BCUT2D eigenvalue weighted by atomic mass is 9.85. The van der Waals surface area contributed by atoms with Gasteiger partial charge in [-0.15, -0.1) is 11.3 Å². The molecule has 2 N–H and O–H groups in total. The molecule has 1 aliphatic heterocycles. The van der Waals surface area contributed by atoms with Gasteiger partial charge in [-0.25, -0.2) is 4.79 Å². The van der Waals surface area contributed by atoms with Gasteiger partial charge in [0.1, 0.15) is 17.4 Å². The van der Waals surface area contributed by atoms with Gasteiger partial charge in [0.05, 0.1) is 18.1 Å². The van der Waals surface area contributed by atoms with E-state index in [1.807, 2.05) is 25.3 Å². The Balaban J connectivity index is 2.65. The lowest BCUT2D eigenvalue weighted by Gasteiger charge is -2.27. The Morgan fingerprint density at radius 1 is 1.52 bits per heavy atom. The van der Waals surface area contributed by atoms with Crippen LogP contribution in [0.5, 0.6) is 0 Å². The summed E-state index contributed by atoms with van der Waals surface area (Å²) in [6.45, 7) is 5.96. The van der Waals surface area contributed by atoms with Crippen molar-refractivity contribution in [2.45, 2.75) is 39.5 Å². The van der Waals surface area contributed by atoms with Crippen LogP contribution in [0.2, 0.25) is 0 Å². The minimum Gasteiger partial charge on any atom is -0.463 e. The summed E-state index contributed by atoms with van der Waals surface area (Å²) < 4.78 is 10.8. The lowest BCUT2D eigenvalue weighted by molar-refractivity contribution is -0.139. The Morgan fingerprint density at radius 2 is 2.26 bits per heavy atom. The molecule has 2 heterocycles. The summed E-state index contributed by atoms with van der Waals surface area (Å²) in [6, 6.07) is 4.06. The highest BCUT2D eigenvalue weighted by Gasteiger charge is 2.38. The fraction of sp³-hybridized carbons (Fsp3) is 0.412. The van der Waals surface area contributed by atoms with Crippen LogP contribution in [0.4, 0.5) is 0 Å². The van der Waals surface area contributed by atoms with Gasteiger partial charge < -0.3 is 15.2 Å². The molecule has 6 heteroatoms. The van der Waals surface area contributed by atoms with Crippen molar-refractivity contribution in [2.24, 2.45) is 5.73 Å². The number of nitriles is 1. The van der Waals surface area contributed by atoms with Crippen LogP contribution in [-0.2, 0) is 14.3 Å². The number of carbonyl (C=O) groups excluding carboxylic acids is 1. The van der Waals surface area contributed by atoms with E-state index in [0.717, 1.165) is 16.9 Å². The quantitative estimate of drug-likeness (QED) is 0.834. The highest BCUT2D eigenvalue weighted by Crippen LogP contribution is 2.43. The number of nitrogens with two attached hydrogens (primary N) is 1. The molecular formula is C17H20N2O3S. The number of nitrogens with zero attached hydrogens (tertiary/aromatic N) is 1. The number of rotatable bonds is 5. The summed E-state index contributed by atoms with van der Waals surface area (Å²) >= 11 is 1.50. The van der Waals surface area contributed by atoms with Crippen molar-refractivity contribution in [2.75, 3.05) is 6.61 Å². The second kappa shape index (κ2) is 7.34. The Hall–Kier alpha value is -2.26. The van der Waals surface area contributed by atoms with Gasteiger partial charge in [-0.05, 0) is 37.3 Å². The van der Waals surface area contributed by atoms with E-state index in [4.69, 9.17) is 15.2 Å². The number of allylic oxidation sites excluding steroid dienone is 2. The van der Waals surface area contributed by atoms with Gasteiger partial charge in [0.15, 0.2) is 0 Å². The highest BCUT2D eigenvalue weighted by molar-refractivity contribution is 7.10. The normalized spacial score (nSPS) is 17.7. The number of carbonyl (C=O) groups is 1. The van der Waals surface area contributed by atoms with Crippen LogP contribution >= 0.6 is 11.3 Å². The van der Waals surface area contributed by atoms with Crippen LogP contribution < -0.4 is 5.73 Å². The van der Waals surface area contributed by atoms with Crippen molar-refractivity contribution >= 4 is 17.3 Å². The molecule has 1 atom stereocenters. The van der Waals surface area contributed by atoms with Crippen LogP contribution in [-0.4, -0.2) is 12.6 Å². The molecule has 1 aromatic rings. The van der Waals surface area contributed by atoms with Gasteiger partial charge in [-0.2, -0.15) is 5.26 Å². The van der Waals surface area contributed by atoms with E-state index in [9.17, 15) is 10.1 Å². The zero-order valence-corrected chi connectivity index (χ0v) is 14.3. The van der Waals surface area contributed by atoms with Gasteiger partial charge in [0.25, 0.3) is 0 Å². The summed E-state index contributed by atoms with van der Waals surface area (Å²) in [5, 5.41) is 11.5. The second-order valence-corrected chi connectivity index (χ2v) is 6.15. The molecule has 0 saturated carbocycles. The number of hydrogen-bond acceptors (Lipinski definition) is 6. The third-order valence-corrected chi connectivity index (χ3v) is 4.72. The van der Waals surface area contributed by atoms with Crippen molar-refractivity contribution in [3.8, 4) is 6.07 Å². The monoisotopic (exact) mass is 332 g/mol. The van der Waals surface area contributed by atoms with Crippen molar-refractivity contribution in [1.82, 2.24) is 0 Å². The van der Waals surface area contributed by atoms with Crippen LogP contribution in [0, 0.1) is 18.3 Å². The molecule has 122 valence electrons. The summed E-state index contributed by atoms with van der Waals surface area (Å²) in [5.74, 6) is -0.398. The first-order valence-corrected chi connectivity index (χ1v) is 8.44. The minimum absolute atomic E-state index is 0.0711. The number of aryl methyl sites for hydroxylation is 1. The molecule has 1 aliphatic rings. The topological polar surface area (TPSA) is 85.3 Å². The number of ether oxygens (including phenoxy) is 2. The smallest absolute Gasteiger partial charge is 0.338 e. The third-order valence-electron chi connectivity index (χ3n) is 3.63. The van der Waals surface area contributed by atoms with Crippen LogP contribution in [0.15, 0.2) is 34.2 Å². The molecule has 0 aromatic carbocycles. The predicted molar refractivity (Wildman–Crippen MR) is 88.3 cm³/mol. The van der Waals surface area contributed by atoms with E-state index in [1.165, 1.54) is 11.3 Å². The first kappa shape index (κ1) is 17.1.